The summed E-state index contributed by atoms with van der Waals surface area (Å²) in [5.41, 5.74) is 0.260. The second-order valence-corrected chi connectivity index (χ2v) is 7.83. The molecule has 0 aromatic heterocycles. The van der Waals surface area contributed by atoms with Crippen molar-refractivity contribution >= 4 is 10.0 Å². The Labute approximate surface area is 125 Å². The van der Waals surface area contributed by atoms with Crippen molar-refractivity contribution in [1.82, 2.24) is 4.31 Å². The Morgan fingerprint density at radius 2 is 1.86 bits per heavy atom. The molecule has 1 fully saturated rings. The maximum atomic E-state index is 12.3. The van der Waals surface area contributed by atoms with E-state index in [9.17, 15) is 13.5 Å². The highest BCUT2D eigenvalue weighted by molar-refractivity contribution is 7.88. The fraction of sp³-hybridized carbons (Fsp3) is 0.533. The first-order chi connectivity index (χ1) is 9.85. The van der Waals surface area contributed by atoms with E-state index in [1.807, 2.05) is 6.07 Å². The molecule has 0 unspecified atom stereocenters. The quantitative estimate of drug-likeness (QED) is 0.896. The standard InChI is InChI=1S/C15H20N2O3S/c1-17(12-15(18)8-2-3-9-15)21(19,20)11-14-6-4-13(10-16)5-7-14/h4-7,18H,2-3,8-9,11-12H2,1H3. The van der Waals surface area contributed by atoms with Crippen LogP contribution in [0.5, 0.6) is 0 Å². The second kappa shape index (κ2) is 6.14. The van der Waals surface area contributed by atoms with Crippen molar-refractivity contribution in [2.24, 2.45) is 0 Å². The van der Waals surface area contributed by atoms with Crippen LogP contribution in [0, 0.1) is 11.3 Å². The third kappa shape index (κ3) is 4.03. The molecule has 21 heavy (non-hydrogen) atoms. The van der Waals surface area contributed by atoms with Crippen LogP contribution >= 0.6 is 0 Å². The first kappa shape index (κ1) is 16.0. The van der Waals surface area contributed by atoms with E-state index < -0.39 is 15.6 Å². The second-order valence-electron chi connectivity index (χ2n) is 5.75. The van der Waals surface area contributed by atoms with Crippen molar-refractivity contribution in [3.8, 4) is 6.07 Å². The maximum Gasteiger partial charge on any atom is 0.218 e. The first-order valence-corrected chi connectivity index (χ1v) is 8.61. The number of benzene rings is 1. The molecule has 0 saturated heterocycles. The van der Waals surface area contributed by atoms with Gasteiger partial charge in [0.2, 0.25) is 10.0 Å². The predicted molar refractivity (Wildman–Crippen MR) is 79.8 cm³/mol. The lowest BCUT2D eigenvalue weighted by molar-refractivity contribution is 0.0333. The van der Waals surface area contributed by atoms with Gasteiger partial charge in [0.25, 0.3) is 0 Å². The number of rotatable bonds is 5. The van der Waals surface area contributed by atoms with Gasteiger partial charge >= 0.3 is 0 Å². The number of sulfonamides is 1. The molecule has 0 heterocycles. The molecular formula is C15H20N2O3S. The molecule has 2 rings (SSSR count). The number of nitrogens with zero attached hydrogens (tertiary/aromatic N) is 2. The summed E-state index contributed by atoms with van der Waals surface area (Å²) >= 11 is 0. The van der Waals surface area contributed by atoms with Crippen molar-refractivity contribution in [1.29, 1.82) is 5.26 Å². The van der Waals surface area contributed by atoms with Gasteiger partial charge in [-0.15, -0.1) is 0 Å². The summed E-state index contributed by atoms with van der Waals surface area (Å²) in [4.78, 5) is 0. The van der Waals surface area contributed by atoms with Crippen LogP contribution < -0.4 is 0 Å². The van der Waals surface area contributed by atoms with Gasteiger partial charge in [0.05, 0.1) is 23.0 Å². The van der Waals surface area contributed by atoms with E-state index in [0.29, 0.717) is 24.0 Å². The summed E-state index contributed by atoms with van der Waals surface area (Å²) in [5, 5.41) is 19.1. The van der Waals surface area contributed by atoms with Crippen LogP contribution in [-0.2, 0) is 15.8 Å². The lowest BCUT2D eigenvalue weighted by atomic mass is 10.0. The van der Waals surface area contributed by atoms with Gasteiger partial charge in [-0.1, -0.05) is 25.0 Å². The topological polar surface area (TPSA) is 81.4 Å². The van der Waals surface area contributed by atoms with Gasteiger partial charge in [-0.2, -0.15) is 5.26 Å². The minimum absolute atomic E-state index is 0.120. The van der Waals surface area contributed by atoms with E-state index in [2.05, 4.69) is 0 Å². The number of likely N-dealkylation sites (N-methyl/N-ethyl adjacent to an activating group) is 1. The van der Waals surface area contributed by atoms with Gasteiger partial charge in [0, 0.05) is 13.6 Å². The molecular weight excluding hydrogens is 288 g/mol. The minimum atomic E-state index is -3.47. The normalized spacial score (nSPS) is 17.8. The molecule has 1 aromatic rings. The molecule has 1 aliphatic carbocycles. The van der Waals surface area contributed by atoms with Crippen LogP contribution in [0.2, 0.25) is 0 Å². The molecule has 114 valence electrons. The van der Waals surface area contributed by atoms with E-state index in [1.54, 1.807) is 24.3 Å². The van der Waals surface area contributed by atoms with Crippen LogP contribution in [0.4, 0.5) is 0 Å². The molecule has 0 atom stereocenters. The van der Waals surface area contributed by atoms with Crippen LogP contribution in [0.15, 0.2) is 24.3 Å². The summed E-state index contributed by atoms with van der Waals surface area (Å²) in [7, 11) is -1.96. The van der Waals surface area contributed by atoms with Crippen LogP contribution in [0.3, 0.4) is 0 Å². The number of hydrogen-bond acceptors (Lipinski definition) is 4. The van der Waals surface area contributed by atoms with Crippen molar-refractivity contribution in [2.75, 3.05) is 13.6 Å². The van der Waals surface area contributed by atoms with Crippen molar-refractivity contribution in [3.63, 3.8) is 0 Å². The third-order valence-electron chi connectivity index (χ3n) is 3.96. The van der Waals surface area contributed by atoms with E-state index in [1.165, 1.54) is 11.4 Å². The number of nitriles is 1. The van der Waals surface area contributed by atoms with E-state index in [4.69, 9.17) is 5.26 Å². The van der Waals surface area contributed by atoms with Gasteiger partial charge < -0.3 is 5.11 Å². The molecule has 1 aromatic carbocycles. The summed E-state index contributed by atoms with van der Waals surface area (Å²) in [6.45, 7) is 0.144. The molecule has 1 N–H and O–H groups in total. The Bertz CT molecular complexity index is 626. The van der Waals surface area contributed by atoms with Crippen LogP contribution in [0.1, 0.15) is 36.8 Å². The summed E-state index contributed by atoms with van der Waals surface area (Å²) < 4.78 is 25.9. The first-order valence-electron chi connectivity index (χ1n) is 7.00. The van der Waals surface area contributed by atoms with Gasteiger partial charge in [0.15, 0.2) is 0 Å². The number of hydrogen-bond donors (Lipinski definition) is 1. The monoisotopic (exact) mass is 308 g/mol. The zero-order valence-corrected chi connectivity index (χ0v) is 12.9. The van der Waals surface area contributed by atoms with Gasteiger partial charge in [0.1, 0.15) is 0 Å². The minimum Gasteiger partial charge on any atom is -0.389 e. The fourth-order valence-corrected chi connectivity index (χ4v) is 3.97. The predicted octanol–water partition coefficient (Wildman–Crippen LogP) is 1.62. The average molecular weight is 308 g/mol. The molecule has 0 bridgehead atoms. The van der Waals surface area contributed by atoms with Gasteiger partial charge in [-0.3, -0.25) is 0 Å². The summed E-state index contributed by atoms with van der Waals surface area (Å²) in [6, 6.07) is 8.51. The highest BCUT2D eigenvalue weighted by atomic mass is 32.2. The maximum absolute atomic E-state index is 12.3. The van der Waals surface area contributed by atoms with Gasteiger partial charge in [-0.05, 0) is 30.5 Å². The molecule has 6 heteroatoms. The van der Waals surface area contributed by atoms with Crippen molar-refractivity contribution in [3.05, 3.63) is 35.4 Å². The Morgan fingerprint density at radius 3 is 2.38 bits per heavy atom. The molecule has 1 aliphatic rings. The molecule has 0 radical (unpaired) electrons. The van der Waals surface area contributed by atoms with Crippen LogP contribution in [-0.4, -0.2) is 37.0 Å². The number of aliphatic hydroxyl groups is 1. The summed E-state index contributed by atoms with van der Waals surface area (Å²) in [5.74, 6) is -0.120. The van der Waals surface area contributed by atoms with Crippen molar-refractivity contribution < 1.29 is 13.5 Å². The van der Waals surface area contributed by atoms with Crippen LogP contribution in [0.25, 0.3) is 0 Å². The molecule has 0 amide bonds. The van der Waals surface area contributed by atoms with Gasteiger partial charge in [-0.25, -0.2) is 12.7 Å². The zero-order chi connectivity index (χ0) is 15.5. The Morgan fingerprint density at radius 1 is 1.29 bits per heavy atom. The highest BCUT2D eigenvalue weighted by Crippen LogP contribution is 2.30. The van der Waals surface area contributed by atoms with Crippen molar-refractivity contribution in [2.45, 2.75) is 37.0 Å². The summed E-state index contributed by atoms with van der Waals surface area (Å²) in [6.07, 6.45) is 3.20. The lowest BCUT2D eigenvalue weighted by Crippen LogP contribution is -2.42. The zero-order valence-electron chi connectivity index (χ0n) is 12.1. The largest absolute Gasteiger partial charge is 0.389 e. The fourth-order valence-electron chi connectivity index (χ4n) is 2.70. The Kier molecular flexibility index (Phi) is 4.67. The highest BCUT2D eigenvalue weighted by Gasteiger charge is 2.35. The van der Waals surface area contributed by atoms with E-state index in [-0.39, 0.29) is 12.3 Å². The Balaban J connectivity index is 2.04. The van der Waals surface area contributed by atoms with E-state index >= 15 is 0 Å². The third-order valence-corrected chi connectivity index (χ3v) is 5.74. The smallest absolute Gasteiger partial charge is 0.218 e. The van der Waals surface area contributed by atoms with E-state index in [0.717, 1.165) is 12.8 Å². The Hall–Kier alpha value is -1.42. The SMILES string of the molecule is CN(CC1(O)CCCC1)S(=O)(=O)Cc1ccc(C#N)cc1. The lowest BCUT2D eigenvalue weighted by Gasteiger charge is -2.28. The molecule has 5 nitrogen and oxygen atoms in total. The molecule has 0 spiro atoms. The molecule has 1 saturated carbocycles. The molecule has 0 aliphatic heterocycles. The average Bonchev–Trinajstić information content (AvgIpc) is 2.85.